The van der Waals surface area contributed by atoms with Gasteiger partial charge in [-0.3, -0.25) is 5.21 Å². The molecule has 1 heterocycles. The van der Waals surface area contributed by atoms with E-state index in [9.17, 15) is 10.0 Å². The fraction of sp³-hybridized carbons (Fsp3) is 0.267. The number of H-pyrrole nitrogens is 1. The first-order valence-corrected chi connectivity index (χ1v) is 6.59. The zero-order valence-electron chi connectivity index (χ0n) is 11.2. The molecule has 20 heavy (non-hydrogen) atoms. The number of rotatable bonds is 2. The Morgan fingerprint density at radius 2 is 2.10 bits per heavy atom. The Hall–Kier alpha value is -2.27. The van der Waals surface area contributed by atoms with E-state index in [2.05, 4.69) is 4.98 Å². The van der Waals surface area contributed by atoms with E-state index >= 15 is 0 Å². The second-order valence-electron chi connectivity index (χ2n) is 5.23. The summed E-state index contributed by atoms with van der Waals surface area (Å²) in [5, 5.41) is 10.7. The predicted molar refractivity (Wildman–Crippen MR) is 74.4 cm³/mol. The first-order valence-electron chi connectivity index (χ1n) is 6.59. The Morgan fingerprint density at radius 1 is 1.35 bits per heavy atom. The van der Waals surface area contributed by atoms with Gasteiger partial charge in [0.05, 0.1) is 6.04 Å². The van der Waals surface area contributed by atoms with Crippen LogP contribution in [-0.2, 0) is 6.42 Å². The molecule has 1 aromatic heterocycles. The molecule has 0 radical (unpaired) electrons. The van der Waals surface area contributed by atoms with Crippen molar-refractivity contribution in [1.82, 2.24) is 10.0 Å². The minimum Gasteiger partial charge on any atom is -0.362 e. The molecule has 0 spiro atoms. The van der Waals surface area contributed by atoms with Crippen LogP contribution in [0.15, 0.2) is 36.4 Å². The van der Waals surface area contributed by atoms with Gasteiger partial charge >= 0.3 is 6.03 Å². The van der Waals surface area contributed by atoms with E-state index in [0.717, 1.165) is 28.9 Å². The highest BCUT2D eigenvalue weighted by molar-refractivity contribution is 5.71. The lowest BCUT2D eigenvalue weighted by atomic mass is 9.97. The molecule has 2 unspecified atom stereocenters. The zero-order valence-corrected chi connectivity index (χ0v) is 11.2. The summed E-state index contributed by atoms with van der Waals surface area (Å²) in [6.45, 7) is 1.98. The van der Waals surface area contributed by atoms with E-state index < -0.39 is 12.1 Å². The van der Waals surface area contributed by atoms with Gasteiger partial charge in [0.1, 0.15) is 0 Å². The highest BCUT2D eigenvalue weighted by Gasteiger charge is 2.39. The zero-order chi connectivity index (χ0) is 14.3. The lowest BCUT2D eigenvalue weighted by Crippen LogP contribution is -2.37. The first-order chi connectivity index (χ1) is 9.58. The van der Waals surface area contributed by atoms with E-state index in [4.69, 9.17) is 5.73 Å². The van der Waals surface area contributed by atoms with Gasteiger partial charge < -0.3 is 10.7 Å². The number of nitrogens with two attached hydrogens (primary N) is 1. The van der Waals surface area contributed by atoms with E-state index in [1.807, 2.05) is 43.3 Å². The number of carbonyl (C=O) groups is 1. The quantitative estimate of drug-likeness (QED) is 0.579. The summed E-state index contributed by atoms with van der Waals surface area (Å²) in [7, 11) is 0. The minimum atomic E-state index is -0.833. The first kappa shape index (κ1) is 12.7. The number of primary amides is 1. The van der Waals surface area contributed by atoms with Crippen molar-refractivity contribution >= 4 is 6.03 Å². The molecule has 0 fully saturated rings. The fourth-order valence-corrected chi connectivity index (χ4v) is 3.04. The normalized spacial score (nSPS) is 20.7. The molecule has 0 aliphatic heterocycles. The fourth-order valence-electron chi connectivity index (χ4n) is 3.04. The number of hydrogen-bond donors (Lipinski definition) is 3. The van der Waals surface area contributed by atoms with Gasteiger partial charge in [0, 0.05) is 17.3 Å². The van der Waals surface area contributed by atoms with Crippen LogP contribution in [0.2, 0.25) is 0 Å². The molecule has 5 heteroatoms. The number of amides is 2. The Labute approximate surface area is 117 Å². The van der Waals surface area contributed by atoms with Crippen LogP contribution in [0.1, 0.15) is 34.5 Å². The van der Waals surface area contributed by atoms with Gasteiger partial charge in [-0.1, -0.05) is 24.3 Å². The molecular formula is C15H17N3O2. The van der Waals surface area contributed by atoms with Crippen molar-refractivity contribution in [2.75, 3.05) is 0 Å². The highest BCUT2D eigenvalue weighted by Crippen LogP contribution is 2.44. The van der Waals surface area contributed by atoms with Crippen molar-refractivity contribution in [3.8, 4) is 0 Å². The van der Waals surface area contributed by atoms with E-state index in [-0.39, 0.29) is 5.92 Å². The van der Waals surface area contributed by atoms with Crippen LogP contribution >= 0.6 is 0 Å². The molecule has 0 bridgehead atoms. The van der Waals surface area contributed by atoms with Gasteiger partial charge in [-0.25, -0.2) is 4.79 Å². The molecule has 0 saturated carbocycles. The van der Waals surface area contributed by atoms with E-state index in [1.165, 1.54) is 0 Å². The molecule has 1 aliphatic carbocycles. The molecular weight excluding hydrogens is 254 g/mol. The van der Waals surface area contributed by atoms with Crippen LogP contribution in [0, 0.1) is 6.92 Å². The Bertz CT molecular complexity index is 650. The molecule has 3 rings (SSSR count). The van der Waals surface area contributed by atoms with Gasteiger partial charge in [0.2, 0.25) is 0 Å². The lowest BCUT2D eigenvalue weighted by molar-refractivity contribution is -0.0813. The van der Waals surface area contributed by atoms with Gasteiger partial charge in [-0.15, -0.1) is 0 Å². The van der Waals surface area contributed by atoms with Crippen molar-refractivity contribution in [3.05, 3.63) is 58.9 Å². The molecule has 2 atom stereocenters. The Balaban J connectivity index is 2.05. The molecule has 1 aromatic carbocycles. The van der Waals surface area contributed by atoms with Gasteiger partial charge in [-0.05, 0) is 36.6 Å². The third kappa shape index (κ3) is 1.96. The third-order valence-electron chi connectivity index (χ3n) is 3.94. The predicted octanol–water partition coefficient (Wildman–Crippen LogP) is 2.47. The van der Waals surface area contributed by atoms with Gasteiger partial charge in [0.25, 0.3) is 0 Å². The van der Waals surface area contributed by atoms with Gasteiger partial charge in [0.15, 0.2) is 0 Å². The SMILES string of the molecule is Cc1ccc(C2Cc3ccccc3C2N(O)C(N)=O)[nH]1. The summed E-state index contributed by atoms with van der Waals surface area (Å²) in [5.74, 6) is -0.0152. The van der Waals surface area contributed by atoms with Crippen molar-refractivity contribution in [1.29, 1.82) is 0 Å². The van der Waals surface area contributed by atoms with Crippen molar-refractivity contribution in [3.63, 3.8) is 0 Å². The van der Waals surface area contributed by atoms with Crippen LogP contribution < -0.4 is 5.73 Å². The van der Waals surface area contributed by atoms with Crippen LogP contribution in [0.25, 0.3) is 0 Å². The van der Waals surface area contributed by atoms with Crippen molar-refractivity contribution in [2.45, 2.75) is 25.3 Å². The maximum Gasteiger partial charge on any atom is 0.339 e. The van der Waals surface area contributed by atoms with Crippen molar-refractivity contribution < 1.29 is 10.0 Å². The molecule has 1 aliphatic rings. The number of urea groups is 1. The van der Waals surface area contributed by atoms with Crippen LogP contribution in [0.4, 0.5) is 4.79 Å². The third-order valence-corrected chi connectivity index (χ3v) is 3.94. The van der Waals surface area contributed by atoms with Crippen LogP contribution in [-0.4, -0.2) is 21.3 Å². The number of nitrogens with zero attached hydrogens (tertiary/aromatic N) is 1. The number of hydroxylamine groups is 2. The molecule has 2 aromatic rings. The average molecular weight is 271 g/mol. The van der Waals surface area contributed by atoms with E-state index in [0.29, 0.717) is 5.06 Å². The maximum atomic E-state index is 11.4. The van der Waals surface area contributed by atoms with E-state index in [1.54, 1.807) is 0 Å². The summed E-state index contributed by atoms with van der Waals surface area (Å²) < 4.78 is 0. The monoisotopic (exact) mass is 271 g/mol. The largest absolute Gasteiger partial charge is 0.362 e. The number of hydrogen-bond acceptors (Lipinski definition) is 2. The van der Waals surface area contributed by atoms with Crippen LogP contribution in [0.5, 0.6) is 0 Å². The summed E-state index contributed by atoms with van der Waals surface area (Å²) in [6.07, 6.45) is 0.769. The van der Waals surface area contributed by atoms with Crippen LogP contribution in [0.3, 0.4) is 0 Å². The highest BCUT2D eigenvalue weighted by atomic mass is 16.5. The second kappa shape index (κ2) is 4.68. The molecule has 5 nitrogen and oxygen atoms in total. The minimum absolute atomic E-state index is 0.0152. The second-order valence-corrected chi connectivity index (χ2v) is 5.23. The number of aromatic nitrogens is 1. The smallest absolute Gasteiger partial charge is 0.339 e. The summed E-state index contributed by atoms with van der Waals surface area (Å²) in [6, 6.07) is 10.5. The molecule has 0 saturated heterocycles. The standard InChI is InChI=1S/C15H17N3O2/c1-9-6-7-13(17-9)12-8-10-4-2-3-5-11(10)14(12)18(20)15(16)19/h2-7,12,14,17,20H,8H2,1H3,(H2,16,19). The average Bonchev–Trinajstić information content (AvgIpc) is 3.00. The summed E-state index contributed by atoms with van der Waals surface area (Å²) in [5.41, 5.74) is 9.39. The number of carbonyl (C=O) groups excluding carboxylic acids is 1. The summed E-state index contributed by atoms with van der Waals surface area (Å²) >= 11 is 0. The molecule has 2 amide bonds. The molecule has 104 valence electrons. The number of benzene rings is 1. The molecule has 4 N–H and O–H groups in total. The number of nitrogens with one attached hydrogen (secondary N) is 1. The maximum absolute atomic E-state index is 11.4. The number of aromatic amines is 1. The topological polar surface area (TPSA) is 82.3 Å². The lowest BCUT2D eigenvalue weighted by Gasteiger charge is -2.26. The summed E-state index contributed by atoms with van der Waals surface area (Å²) in [4.78, 5) is 14.7. The van der Waals surface area contributed by atoms with Gasteiger partial charge in [-0.2, -0.15) is 5.06 Å². The number of aryl methyl sites for hydroxylation is 1. The Kier molecular flexibility index (Phi) is 2.99. The van der Waals surface area contributed by atoms with Crippen molar-refractivity contribution in [2.24, 2.45) is 5.73 Å². The Morgan fingerprint density at radius 3 is 2.75 bits per heavy atom. The number of fused-ring (bicyclic) bond motifs is 1.